The Balaban J connectivity index is 1.89. The molecule has 2 aliphatic rings. The van der Waals surface area contributed by atoms with Gasteiger partial charge in [0, 0.05) is 17.1 Å². The molecule has 0 spiro atoms. The summed E-state index contributed by atoms with van der Waals surface area (Å²) < 4.78 is 0. The summed E-state index contributed by atoms with van der Waals surface area (Å²) in [4.78, 5) is 8.76. The van der Waals surface area contributed by atoms with E-state index in [9.17, 15) is 0 Å². The van der Waals surface area contributed by atoms with Gasteiger partial charge in [0.1, 0.15) is 12.1 Å². The van der Waals surface area contributed by atoms with Crippen LogP contribution in [-0.2, 0) is 12.8 Å². The highest BCUT2D eigenvalue weighted by molar-refractivity contribution is 6.19. The Morgan fingerprint density at radius 2 is 2.06 bits per heavy atom. The number of nitrogens with one attached hydrogen (secondary N) is 1. The van der Waals surface area contributed by atoms with Crippen molar-refractivity contribution in [2.45, 2.75) is 44.1 Å². The van der Waals surface area contributed by atoms with Crippen molar-refractivity contribution in [3.63, 3.8) is 0 Å². The number of alkyl halides is 1. The third-order valence-corrected chi connectivity index (χ3v) is 4.13. The normalized spacial score (nSPS) is 21.3. The van der Waals surface area contributed by atoms with Gasteiger partial charge in [-0.15, -0.1) is 11.6 Å². The lowest BCUT2D eigenvalue weighted by molar-refractivity contribution is 0.660. The number of aromatic nitrogens is 2. The van der Waals surface area contributed by atoms with Gasteiger partial charge in [0.05, 0.1) is 5.54 Å². The summed E-state index contributed by atoms with van der Waals surface area (Å²) in [6.07, 6.45) is 8.71. The van der Waals surface area contributed by atoms with Gasteiger partial charge in [-0.3, -0.25) is 0 Å². The lowest BCUT2D eigenvalue weighted by atomic mass is 9.96. The van der Waals surface area contributed by atoms with Crippen molar-refractivity contribution in [1.82, 2.24) is 9.97 Å². The first-order valence-corrected chi connectivity index (χ1v) is 6.53. The Hall–Kier alpha value is -0.830. The Bertz CT molecular complexity index is 401. The number of aryl methyl sites for hydroxylation is 1. The quantitative estimate of drug-likeness (QED) is 0.821. The Labute approximate surface area is 101 Å². The van der Waals surface area contributed by atoms with Crippen molar-refractivity contribution in [2.24, 2.45) is 0 Å². The fourth-order valence-electron chi connectivity index (χ4n) is 2.32. The van der Waals surface area contributed by atoms with Crippen LogP contribution in [0.2, 0.25) is 0 Å². The van der Waals surface area contributed by atoms with E-state index in [-0.39, 0.29) is 5.54 Å². The lowest BCUT2D eigenvalue weighted by Gasteiger charge is -2.21. The number of anilines is 1. The number of hydrogen-bond acceptors (Lipinski definition) is 3. The van der Waals surface area contributed by atoms with E-state index in [1.54, 1.807) is 6.33 Å². The smallest absolute Gasteiger partial charge is 0.133 e. The summed E-state index contributed by atoms with van der Waals surface area (Å²) in [5.41, 5.74) is 2.68. The number of fused-ring (bicyclic) bond motifs is 1. The summed E-state index contributed by atoms with van der Waals surface area (Å²) in [6.45, 7) is 0. The summed E-state index contributed by atoms with van der Waals surface area (Å²) in [7, 11) is 0. The molecule has 1 fully saturated rings. The average molecular weight is 238 g/mol. The summed E-state index contributed by atoms with van der Waals surface area (Å²) >= 11 is 5.98. The zero-order valence-corrected chi connectivity index (χ0v) is 10.1. The first-order valence-electron chi connectivity index (χ1n) is 6.00. The van der Waals surface area contributed by atoms with Crippen LogP contribution in [0, 0.1) is 0 Å². The molecule has 3 rings (SSSR count). The molecule has 0 bridgehead atoms. The molecule has 0 saturated heterocycles. The predicted octanol–water partition coefficient (Wildman–Crippen LogP) is 2.54. The fraction of sp³-hybridized carbons (Fsp3) is 0.667. The monoisotopic (exact) mass is 237 g/mol. The van der Waals surface area contributed by atoms with E-state index in [0.717, 1.165) is 31.5 Å². The highest BCUT2D eigenvalue weighted by atomic mass is 35.5. The molecule has 3 nitrogen and oxygen atoms in total. The standard InChI is InChI=1S/C12H16ClN3/c13-7-12(5-6-12)16-11-9-3-1-2-4-10(9)14-8-15-11/h8H,1-7H2,(H,14,15,16). The van der Waals surface area contributed by atoms with Crippen molar-refractivity contribution in [2.75, 3.05) is 11.2 Å². The van der Waals surface area contributed by atoms with Crippen molar-refractivity contribution < 1.29 is 0 Å². The Kier molecular flexibility index (Phi) is 2.51. The van der Waals surface area contributed by atoms with E-state index >= 15 is 0 Å². The SMILES string of the molecule is ClCC1(Nc2ncnc3c2CCCC3)CC1. The topological polar surface area (TPSA) is 37.8 Å². The van der Waals surface area contributed by atoms with Crippen LogP contribution in [0.1, 0.15) is 36.9 Å². The number of hydrogen-bond donors (Lipinski definition) is 1. The molecule has 2 aliphatic carbocycles. The number of halogens is 1. The summed E-state index contributed by atoms with van der Waals surface area (Å²) in [5.74, 6) is 1.70. The van der Waals surface area contributed by atoms with Crippen LogP contribution < -0.4 is 5.32 Å². The highest BCUT2D eigenvalue weighted by Crippen LogP contribution is 2.40. The number of nitrogens with zero attached hydrogens (tertiary/aromatic N) is 2. The lowest BCUT2D eigenvalue weighted by Crippen LogP contribution is -2.25. The molecule has 1 N–H and O–H groups in total. The van der Waals surface area contributed by atoms with Gasteiger partial charge in [-0.05, 0) is 38.5 Å². The molecule has 0 amide bonds. The minimum absolute atomic E-state index is 0.126. The van der Waals surface area contributed by atoms with Crippen LogP contribution in [0.15, 0.2) is 6.33 Å². The second-order valence-corrected chi connectivity index (χ2v) is 5.16. The molecule has 1 saturated carbocycles. The fourth-order valence-corrected chi connectivity index (χ4v) is 2.66. The van der Waals surface area contributed by atoms with Crippen molar-refractivity contribution in [3.05, 3.63) is 17.6 Å². The van der Waals surface area contributed by atoms with Gasteiger partial charge in [-0.1, -0.05) is 0 Å². The van der Waals surface area contributed by atoms with E-state index < -0.39 is 0 Å². The zero-order valence-electron chi connectivity index (χ0n) is 9.30. The maximum Gasteiger partial charge on any atom is 0.133 e. The minimum atomic E-state index is 0.126. The van der Waals surface area contributed by atoms with E-state index in [2.05, 4.69) is 15.3 Å². The molecular formula is C12H16ClN3. The Morgan fingerprint density at radius 1 is 1.25 bits per heavy atom. The molecule has 0 unspecified atom stereocenters. The van der Waals surface area contributed by atoms with Crippen LogP contribution in [0.25, 0.3) is 0 Å². The summed E-state index contributed by atoms with van der Waals surface area (Å²) in [6, 6.07) is 0. The van der Waals surface area contributed by atoms with Crippen LogP contribution in [0.5, 0.6) is 0 Å². The average Bonchev–Trinajstić information content (AvgIpc) is 3.10. The molecule has 86 valence electrons. The third kappa shape index (κ3) is 1.77. The van der Waals surface area contributed by atoms with E-state index in [4.69, 9.17) is 11.6 Å². The van der Waals surface area contributed by atoms with Gasteiger partial charge in [0.25, 0.3) is 0 Å². The number of rotatable bonds is 3. The maximum absolute atomic E-state index is 5.98. The second kappa shape index (κ2) is 3.88. The molecule has 1 heterocycles. The van der Waals surface area contributed by atoms with Crippen molar-refractivity contribution in [3.8, 4) is 0 Å². The molecule has 4 heteroatoms. The molecule has 0 radical (unpaired) electrons. The van der Waals surface area contributed by atoms with Crippen molar-refractivity contribution in [1.29, 1.82) is 0 Å². The molecule has 1 aromatic rings. The molecule has 1 aromatic heterocycles. The van der Waals surface area contributed by atoms with Crippen molar-refractivity contribution >= 4 is 17.4 Å². The molecule has 0 atom stereocenters. The van der Waals surface area contributed by atoms with Gasteiger partial charge in [0.15, 0.2) is 0 Å². The van der Waals surface area contributed by atoms with Crippen LogP contribution in [-0.4, -0.2) is 21.4 Å². The maximum atomic E-state index is 5.98. The van der Waals surface area contributed by atoms with E-state index in [0.29, 0.717) is 5.88 Å². The van der Waals surface area contributed by atoms with Gasteiger partial charge in [-0.2, -0.15) is 0 Å². The van der Waals surface area contributed by atoms with Crippen LogP contribution in [0.3, 0.4) is 0 Å². The predicted molar refractivity (Wildman–Crippen MR) is 65.0 cm³/mol. The van der Waals surface area contributed by atoms with Gasteiger partial charge in [0.2, 0.25) is 0 Å². The second-order valence-electron chi connectivity index (χ2n) is 4.89. The van der Waals surface area contributed by atoms with E-state index in [1.165, 1.54) is 24.1 Å². The zero-order chi connectivity index (χ0) is 11.0. The van der Waals surface area contributed by atoms with Gasteiger partial charge < -0.3 is 5.32 Å². The first kappa shape index (κ1) is 10.3. The van der Waals surface area contributed by atoms with Crippen LogP contribution in [0.4, 0.5) is 5.82 Å². The summed E-state index contributed by atoms with van der Waals surface area (Å²) in [5, 5.41) is 3.52. The highest BCUT2D eigenvalue weighted by Gasteiger charge is 2.42. The van der Waals surface area contributed by atoms with Gasteiger partial charge >= 0.3 is 0 Å². The molecule has 16 heavy (non-hydrogen) atoms. The van der Waals surface area contributed by atoms with E-state index in [1.807, 2.05) is 0 Å². The molecular weight excluding hydrogens is 222 g/mol. The molecule has 0 aromatic carbocycles. The minimum Gasteiger partial charge on any atom is -0.363 e. The van der Waals surface area contributed by atoms with Gasteiger partial charge in [-0.25, -0.2) is 9.97 Å². The Morgan fingerprint density at radius 3 is 2.81 bits per heavy atom. The third-order valence-electron chi connectivity index (χ3n) is 3.62. The largest absolute Gasteiger partial charge is 0.363 e. The molecule has 0 aliphatic heterocycles. The first-order chi connectivity index (χ1) is 7.83. The van der Waals surface area contributed by atoms with Crippen LogP contribution >= 0.6 is 11.6 Å².